The Morgan fingerprint density at radius 1 is 1.05 bits per heavy atom. The number of carbonyl (C=O) groups is 1. The fraction of sp³-hybridized carbons (Fsp3) is 0.353. The van der Waals surface area contributed by atoms with Crippen LogP contribution in [0.1, 0.15) is 42.5 Å². The molecule has 3 nitrogen and oxygen atoms in total. The van der Waals surface area contributed by atoms with Crippen LogP contribution in [-0.4, -0.2) is 11.9 Å². The number of hydrogen-bond acceptors (Lipinski definition) is 2. The lowest BCUT2D eigenvalue weighted by Gasteiger charge is -2.23. The number of amides is 1. The van der Waals surface area contributed by atoms with Gasteiger partial charge < -0.3 is 9.73 Å². The fourth-order valence-corrected chi connectivity index (χ4v) is 2.84. The van der Waals surface area contributed by atoms with E-state index in [-0.39, 0.29) is 5.91 Å². The van der Waals surface area contributed by atoms with Crippen molar-refractivity contribution in [1.82, 2.24) is 5.32 Å². The summed E-state index contributed by atoms with van der Waals surface area (Å²) in [5.41, 5.74) is 1.54. The molecule has 1 saturated carbocycles. The molecule has 3 heteroatoms. The van der Waals surface area contributed by atoms with Gasteiger partial charge in [0.25, 0.3) is 5.91 Å². The highest BCUT2D eigenvalue weighted by Crippen LogP contribution is 2.25. The zero-order valence-corrected chi connectivity index (χ0v) is 11.5. The van der Waals surface area contributed by atoms with Crippen LogP contribution in [0.3, 0.4) is 0 Å². The molecule has 1 aromatic heterocycles. The molecular weight excluding hydrogens is 250 g/mol. The molecule has 104 valence electrons. The van der Waals surface area contributed by atoms with Gasteiger partial charge >= 0.3 is 0 Å². The quantitative estimate of drug-likeness (QED) is 0.914. The summed E-state index contributed by atoms with van der Waals surface area (Å²) in [6.45, 7) is 0. The molecule has 0 aliphatic heterocycles. The van der Waals surface area contributed by atoms with Crippen LogP contribution in [-0.2, 0) is 0 Å². The molecule has 1 aliphatic carbocycles. The van der Waals surface area contributed by atoms with E-state index in [1.54, 1.807) is 6.26 Å². The van der Waals surface area contributed by atoms with Crippen molar-refractivity contribution in [3.63, 3.8) is 0 Å². The van der Waals surface area contributed by atoms with Crippen LogP contribution in [0.5, 0.6) is 0 Å². The number of benzene rings is 1. The molecule has 0 spiro atoms. The molecule has 2 aromatic rings. The van der Waals surface area contributed by atoms with Gasteiger partial charge in [-0.05, 0) is 31.0 Å². The van der Waals surface area contributed by atoms with Crippen molar-refractivity contribution in [3.05, 3.63) is 48.2 Å². The maximum Gasteiger partial charge on any atom is 0.252 e. The van der Waals surface area contributed by atoms with E-state index in [9.17, 15) is 4.79 Å². The first-order chi connectivity index (χ1) is 9.84. The predicted molar refractivity (Wildman–Crippen MR) is 78.5 cm³/mol. The van der Waals surface area contributed by atoms with Gasteiger partial charge in [-0.1, -0.05) is 37.5 Å². The average Bonchev–Trinajstić information content (AvgIpc) is 3.02. The summed E-state index contributed by atoms with van der Waals surface area (Å²) in [6, 6.07) is 11.6. The van der Waals surface area contributed by atoms with E-state index < -0.39 is 0 Å². The van der Waals surface area contributed by atoms with Gasteiger partial charge in [-0.25, -0.2) is 0 Å². The Morgan fingerprint density at radius 2 is 1.85 bits per heavy atom. The fourth-order valence-electron chi connectivity index (χ4n) is 2.84. The zero-order chi connectivity index (χ0) is 13.8. The second-order valence-corrected chi connectivity index (χ2v) is 5.33. The third-order valence-electron chi connectivity index (χ3n) is 3.90. The Bertz CT molecular complexity index is 568. The average molecular weight is 269 g/mol. The maximum absolute atomic E-state index is 12.5. The lowest BCUT2D eigenvalue weighted by molar-refractivity contribution is 0.0928. The standard InChI is InChI=1S/C17H19NO2/c19-17(18-13-7-2-1-3-8-13)15-10-5-4-9-14(15)16-11-6-12-20-16/h4-6,9-13H,1-3,7-8H2,(H,18,19). The Labute approximate surface area is 119 Å². The zero-order valence-electron chi connectivity index (χ0n) is 11.5. The van der Waals surface area contributed by atoms with Crippen LogP contribution < -0.4 is 5.32 Å². The highest BCUT2D eigenvalue weighted by atomic mass is 16.3. The molecule has 0 bridgehead atoms. The third kappa shape index (κ3) is 2.77. The lowest BCUT2D eigenvalue weighted by Crippen LogP contribution is -2.36. The van der Waals surface area contributed by atoms with Crippen molar-refractivity contribution >= 4 is 5.91 Å². The molecule has 3 rings (SSSR count). The third-order valence-corrected chi connectivity index (χ3v) is 3.90. The van der Waals surface area contributed by atoms with Gasteiger partial charge in [-0.15, -0.1) is 0 Å². The van der Waals surface area contributed by atoms with E-state index in [1.165, 1.54) is 19.3 Å². The van der Waals surface area contributed by atoms with E-state index in [1.807, 2.05) is 36.4 Å². The van der Waals surface area contributed by atoms with Crippen molar-refractivity contribution in [2.45, 2.75) is 38.1 Å². The van der Waals surface area contributed by atoms with Crippen molar-refractivity contribution in [3.8, 4) is 11.3 Å². The molecule has 1 fully saturated rings. The van der Waals surface area contributed by atoms with Gasteiger partial charge in [0, 0.05) is 11.6 Å². The van der Waals surface area contributed by atoms with Gasteiger partial charge in [-0.3, -0.25) is 4.79 Å². The Balaban J connectivity index is 1.81. The monoisotopic (exact) mass is 269 g/mol. The van der Waals surface area contributed by atoms with Crippen LogP contribution in [0.4, 0.5) is 0 Å². The van der Waals surface area contributed by atoms with E-state index in [4.69, 9.17) is 4.42 Å². The minimum absolute atomic E-state index is 0.00361. The minimum atomic E-state index is 0.00361. The van der Waals surface area contributed by atoms with Crippen molar-refractivity contribution in [2.24, 2.45) is 0 Å². The van der Waals surface area contributed by atoms with Gasteiger partial charge in [0.05, 0.1) is 11.8 Å². The topological polar surface area (TPSA) is 42.2 Å². The normalized spacial score (nSPS) is 16.0. The van der Waals surface area contributed by atoms with Crippen molar-refractivity contribution in [1.29, 1.82) is 0 Å². The number of nitrogens with one attached hydrogen (secondary N) is 1. The summed E-state index contributed by atoms with van der Waals surface area (Å²) >= 11 is 0. The summed E-state index contributed by atoms with van der Waals surface area (Å²) in [6.07, 6.45) is 7.53. The molecule has 0 saturated heterocycles. The second kappa shape index (κ2) is 5.95. The molecular formula is C17H19NO2. The van der Waals surface area contributed by atoms with E-state index in [0.717, 1.165) is 24.2 Å². The first-order valence-corrected chi connectivity index (χ1v) is 7.28. The summed E-state index contributed by atoms with van der Waals surface area (Å²) < 4.78 is 5.42. The Hall–Kier alpha value is -2.03. The van der Waals surface area contributed by atoms with Gasteiger partial charge in [0.1, 0.15) is 5.76 Å². The van der Waals surface area contributed by atoms with E-state index >= 15 is 0 Å². The molecule has 1 aliphatic rings. The Kier molecular flexibility index (Phi) is 3.86. The molecule has 20 heavy (non-hydrogen) atoms. The molecule has 0 unspecified atom stereocenters. The summed E-state index contributed by atoms with van der Waals surface area (Å²) in [5, 5.41) is 3.16. The lowest BCUT2D eigenvalue weighted by atomic mass is 9.95. The Morgan fingerprint density at radius 3 is 2.60 bits per heavy atom. The number of rotatable bonds is 3. The smallest absolute Gasteiger partial charge is 0.252 e. The highest BCUT2D eigenvalue weighted by Gasteiger charge is 2.19. The van der Waals surface area contributed by atoms with Crippen LogP contribution in [0.25, 0.3) is 11.3 Å². The first-order valence-electron chi connectivity index (χ1n) is 7.28. The number of carbonyl (C=O) groups excluding carboxylic acids is 1. The van der Waals surface area contributed by atoms with Gasteiger partial charge in [-0.2, -0.15) is 0 Å². The minimum Gasteiger partial charge on any atom is -0.464 e. The number of hydrogen-bond donors (Lipinski definition) is 1. The van der Waals surface area contributed by atoms with Crippen LogP contribution in [0, 0.1) is 0 Å². The van der Waals surface area contributed by atoms with Crippen LogP contribution >= 0.6 is 0 Å². The second-order valence-electron chi connectivity index (χ2n) is 5.33. The van der Waals surface area contributed by atoms with Crippen molar-refractivity contribution in [2.75, 3.05) is 0 Å². The van der Waals surface area contributed by atoms with E-state index in [0.29, 0.717) is 11.6 Å². The molecule has 1 aromatic carbocycles. The van der Waals surface area contributed by atoms with Crippen molar-refractivity contribution < 1.29 is 9.21 Å². The molecule has 1 N–H and O–H groups in total. The highest BCUT2D eigenvalue weighted by molar-refractivity contribution is 6.00. The SMILES string of the molecule is O=C(NC1CCCCC1)c1ccccc1-c1ccco1. The molecule has 0 radical (unpaired) electrons. The number of furan rings is 1. The predicted octanol–water partition coefficient (Wildman–Crippen LogP) is 4.01. The maximum atomic E-state index is 12.5. The van der Waals surface area contributed by atoms with Crippen LogP contribution in [0.15, 0.2) is 47.1 Å². The molecule has 1 heterocycles. The largest absolute Gasteiger partial charge is 0.464 e. The first kappa shape index (κ1) is 13.0. The summed E-state index contributed by atoms with van der Waals surface area (Å²) in [4.78, 5) is 12.5. The van der Waals surface area contributed by atoms with Crippen LogP contribution in [0.2, 0.25) is 0 Å². The summed E-state index contributed by atoms with van der Waals surface area (Å²) in [7, 11) is 0. The van der Waals surface area contributed by atoms with E-state index in [2.05, 4.69) is 5.32 Å². The van der Waals surface area contributed by atoms with Gasteiger partial charge in [0.15, 0.2) is 0 Å². The van der Waals surface area contributed by atoms with Gasteiger partial charge in [0.2, 0.25) is 0 Å². The summed E-state index contributed by atoms with van der Waals surface area (Å²) in [5.74, 6) is 0.739. The molecule has 1 amide bonds. The molecule has 0 atom stereocenters.